The fourth-order valence-electron chi connectivity index (χ4n) is 2.46. The number of nitrogens with one attached hydrogen (secondary N) is 1. The van der Waals surface area contributed by atoms with Gasteiger partial charge < -0.3 is 5.32 Å². The predicted octanol–water partition coefficient (Wildman–Crippen LogP) is 3.67. The molecule has 1 N–H and O–H groups in total. The fraction of sp³-hybridized carbons (Fsp3) is 0.538. The first-order valence-corrected chi connectivity index (χ1v) is 6.56. The van der Waals surface area contributed by atoms with Gasteiger partial charge in [0, 0.05) is 0 Å². The fourth-order valence-corrected chi connectivity index (χ4v) is 3.20. The van der Waals surface area contributed by atoms with E-state index in [-0.39, 0.29) is 5.82 Å². The molecule has 0 bridgehead atoms. The van der Waals surface area contributed by atoms with Crippen LogP contribution in [-0.4, -0.2) is 13.1 Å². The quantitative estimate of drug-likeness (QED) is 0.830. The van der Waals surface area contributed by atoms with Crippen LogP contribution < -0.4 is 5.32 Å². The minimum Gasteiger partial charge on any atom is -0.317 e. The Morgan fingerprint density at radius 1 is 1.31 bits per heavy atom. The summed E-state index contributed by atoms with van der Waals surface area (Å²) in [5.41, 5.74) is 3.47. The van der Waals surface area contributed by atoms with E-state index in [1.807, 2.05) is 6.92 Å². The van der Waals surface area contributed by atoms with Crippen molar-refractivity contribution in [2.45, 2.75) is 32.6 Å². The molecular weight excluding hydrogens is 269 g/mol. The van der Waals surface area contributed by atoms with E-state index in [0.29, 0.717) is 10.4 Å². The van der Waals surface area contributed by atoms with Crippen LogP contribution in [0.4, 0.5) is 4.39 Å². The van der Waals surface area contributed by atoms with E-state index < -0.39 is 0 Å². The summed E-state index contributed by atoms with van der Waals surface area (Å²) in [7, 11) is 0. The van der Waals surface area contributed by atoms with Gasteiger partial charge in [0.25, 0.3) is 0 Å². The molecule has 0 aromatic heterocycles. The van der Waals surface area contributed by atoms with E-state index in [2.05, 4.69) is 28.2 Å². The van der Waals surface area contributed by atoms with Gasteiger partial charge in [0.15, 0.2) is 0 Å². The summed E-state index contributed by atoms with van der Waals surface area (Å²) < 4.78 is 14.4. The lowest BCUT2D eigenvalue weighted by Crippen LogP contribution is -2.27. The highest BCUT2D eigenvalue weighted by Crippen LogP contribution is 2.36. The Morgan fingerprint density at radius 3 is 2.56 bits per heavy atom. The van der Waals surface area contributed by atoms with E-state index in [0.717, 1.165) is 31.5 Å². The highest BCUT2D eigenvalue weighted by molar-refractivity contribution is 9.10. The maximum absolute atomic E-state index is 13.7. The number of aryl methyl sites for hydroxylation is 1. The second-order valence-corrected chi connectivity index (χ2v) is 5.35. The summed E-state index contributed by atoms with van der Waals surface area (Å²) >= 11 is 3.41. The van der Waals surface area contributed by atoms with Crippen LogP contribution in [0.25, 0.3) is 0 Å². The Morgan fingerprint density at radius 2 is 1.94 bits per heavy atom. The molecule has 1 aromatic rings. The summed E-state index contributed by atoms with van der Waals surface area (Å²) in [5, 5.41) is 3.34. The van der Waals surface area contributed by atoms with Crippen LogP contribution >= 0.6 is 15.9 Å². The first kappa shape index (κ1) is 12.1. The molecule has 0 unspecified atom stereocenters. The van der Waals surface area contributed by atoms with Crippen molar-refractivity contribution < 1.29 is 4.39 Å². The van der Waals surface area contributed by atoms with E-state index >= 15 is 0 Å². The number of rotatable bonds is 1. The highest BCUT2D eigenvalue weighted by Gasteiger charge is 2.22. The molecule has 2 rings (SSSR count). The Kier molecular flexibility index (Phi) is 3.65. The normalized spacial score (nSPS) is 17.8. The molecule has 1 aliphatic heterocycles. The Balaban J connectivity index is 2.45. The Hall–Kier alpha value is -0.410. The van der Waals surface area contributed by atoms with Crippen LogP contribution in [0.15, 0.2) is 10.5 Å². The monoisotopic (exact) mass is 285 g/mol. The van der Waals surface area contributed by atoms with Gasteiger partial charge >= 0.3 is 0 Å². The second kappa shape index (κ2) is 4.84. The van der Waals surface area contributed by atoms with E-state index in [1.165, 1.54) is 11.1 Å². The average molecular weight is 286 g/mol. The first-order valence-electron chi connectivity index (χ1n) is 5.77. The van der Waals surface area contributed by atoms with Gasteiger partial charge in [-0.05, 0) is 84.4 Å². The lowest BCUT2D eigenvalue weighted by molar-refractivity contribution is 0.455. The third-order valence-electron chi connectivity index (χ3n) is 3.53. The Labute approximate surface area is 105 Å². The summed E-state index contributed by atoms with van der Waals surface area (Å²) in [4.78, 5) is 0. The number of hydrogen-bond donors (Lipinski definition) is 1. The maximum Gasteiger partial charge on any atom is 0.137 e. The molecule has 1 aromatic carbocycles. The molecule has 0 aliphatic carbocycles. The topological polar surface area (TPSA) is 12.0 Å². The molecule has 1 saturated heterocycles. The van der Waals surface area contributed by atoms with Crippen molar-refractivity contribution in [3.63, 3.8) is 0 Å². The average Bonchev–Trinajstić information content (AvgIpc) is 2.28. The molecule has 0 amide bonds. The van der Waals surface area contributed by atoms with Crippen LogP contribution in [-0.2, 0) is 0 Å². The van der Waals surface area contributed by atoms with Crippen molar-refractivity contribution in [2.24, 2.45) is 0 Å². The molecule has 0 radical (unpaired) electrons. The van der Waals surface area contributed by atoms with Crippen LogP contribution in [0.5, 0.6) is 0 Å². The number of benzene rings is 1. The van der Waals surface area contributed by atoms with Crippen LogP contribution in [0.3, 0.4) is 0 Å². The Bertz CT molecular complexity index is 371. The molecule has 1 fully saturated rings. The van der Waals surface area contributed by atoms with Crippen molar-refractivity contribution in [1.82, 2.24) is 5.32 Å². The van der Waals surface area contributed by atoms with Crippen molar-refractivity contribution in [3.05, 3.63) is 33.0 Å². The van der Waals surface area contributed by atoms with Gasteiger partial charge in [-0.15, -0.1) is 0 Å². The molecule has 0 saturated carbocycles. The molecule has 1 heterocycles. The van der Waals surface area contributed by atoms with Gasteiger partial charge in [-0.2, -0.15) is 0 Å². The molecule has 16 heavy (non-hydrogen) atoms. The highest BCUT2D eigenvalue weighted by atomic mass is 79.9. The number of hydrogen-bond acceptors (Lipinski definition) is 1. The minimum absolute atomic E-state index is 0.128. The lowest BCUT2D eigenvalue weighted by Gasteiger charge is -2.26. The smallest absolute Gasteiger partial charge is 0.137 e. The van der Waals surface area contributed by atoms with E-state index in [9.17, 15) is 4.39 Å². The third kappa shape index (κ3) is 2.16. The summed E-state index contributed by atoms with van der Waals surface area (Å²) in [5.74, 6) is 0.363. The molecule has 1 aliphatic rings. The molecule has 1 nitrogen and oxygen atoms in total. The standard InChI is InChI=1S/C13H17BrFN/c1-8-7-11(15)13(14)12(9(8)2)10-3-5-16-6-4-10/h7,10,16H,3-6H2,1-2H3. The van der Waals surface area contributed by atoms with Gasteiger partial charge in [-0.3, -0.25) is 0 Å². The minimum atomic E-state index is -0.128. The van der Waals surface area contributed by atoms with E-state index in [4.69, 9.17) is 0 Å². The summed E-state index contributed by atoms with van der Waals surface area (Å²) in [6, 6.07) is 1.62. The first-order chi connectivity index (χ1) is 7.61. The van der Waals surface area contributed by atoms with Crippen molar-refractivity contribution in [2.75, 3.05) is 13.1 Å². The zero-order valence-corrected chi connectivity index (χ0v) is 11.3. The SMILES string of the molecule is Cc1cc(F)c(Br)c(C2CCNCC2)c1C. The van der Waals surface area contributed by atoms with Gasteiger partial charge in [0.1, 0.15) is 5.82 Å². The van der Waals surface area contributed by atoms with Gasteiger partial charge in [-0.1, -0.05) is 0 Å². The molecule has 88 valence electrons. The molecule has 0 spiro atoms. The van der Waals surface area contributed by atoms with Gasteiger partial charge in [0.2, 0.25) is 0 Å². The second-order valence-electron chi connectivity index (χ2n) is 4.55. The molecule has 3 heteroatoms. The van der Waals surface area contributed by atoms with Crippen molar-refractivity contribution >= 4 is 15.9 Å². The molecular formula is C13H17BrFN. The summed E-state index contributed by atoms with van der Waals surface area (Å²) in [6.07, 6.45) is 2.20. The zero-order valence-electron chi connectivity index (χ0n) is 9.74. The number of piperidine rings is 1. The predicted molar refractivity (Wildman–Crippen MR) is 68.4 cm³/mol. The van der Waals surface area contributed by atoms with Crippen molar-refractivity contribution in [1.29, 1.82) is 0 Å². The van der Waals surface area contributed by atoms with Gasteiger partial charge in [0.05, 0.1) is 4.47 Å². The van der Waals surface area contributed by atoms with Crippen LogP contribution in [0.2, 0.25) is 0 Å². The van der Waals surface area contributed by atoms with Crippen LogP contribution in [0.1, 0.15) is 35.4 Å². The maximum atomic E-state index is 13.7. The third-order valence-corrected chi connectivity index (χ3v) is 4.34. The zero-order chi connectivity index (χ0) is 11.7. The molecule has 0 atom stereocenters. The van der Waals surface area contributed by atoms with Crippen LogP contribution in [0, 0.1) is 19.7 Å². The van der Waals surface area contributed by atoms with Crippen molar-refractivity contribution in [3.8, 4) is 0 Å². The lowest BCUT2D eigenvalue weighted by atomic mass is 9.86. The van der Waals surface area contributed by atoms with E-state index in [1.54, 1.807) is 6.07 Å². The summed E-state index contributed by atoms with van der Waals surface area (Å²) in [6.45, 7) is 6.14. The van der Waals surface area contributed by atoms with Gasteiger partial charge in [-0.25, -0.2) is 4.39 Å². The number of halogens is 2. The largest absolute Gasteiger partial charge is 0.317 e.